The first-order chi connectivity index (χ1) is 16.5. The number of aliphatic hydroxyl groups excluding tert-OH is 2. The highest BCUT2D eigenvalue weighted by Crippen LogP contribution is 2.59. The lowest BCUT2D eigenvalue weighted by molar-refractivity contribution is -0.128. The second kappa shape index (κ2) is 10.4. The molecule has 0 bridgehead atoms. The minimum absolute atomic E-state index is 0.150. The monoisotopic (exact) mass is 493 g/mol. The number of likely N-dealkylation sites (tertiary alicyclic amines) is 1. The third kappa shape index (κ3) is 5.18. The molecule has 1 saturated heterocycles. The van der Waals surface area contributed by atoms with E-state index in [0.717, 1.165) is 24.1 Å². The van der Waals surface area contributed by atoms with Crippen LogP contribution in [0.3, 0.4) is 0 Å². The first-order valence-corrected chi connectivity index (χ1v) is 13.6. The molecule has 3 N–H and O–H groups in total. The Bertz CT molecular complexity index is 847. The van der Waals surface area contributed by atoms with Gasteiger partial charge in [0, 0.05) is 25.6 Å². The van der Waals surface area contributed by atoms with Crippen LogP contribution < -0.4 is 0 Å². The summed E-state index contributed by atoms with van der Waals surface area (Å²) in [6, 6.07) is 0. The summed E-state index contributed by atoms with van der Waals surface area (Å²) in [5.74, 6) is 1.42. The fraction of sp³-hybridized carbons (Fsp3) is 0.793. The maximum atomic E-state index is 13.2. The standard InChI is InChI=1S/C29H45F2NO3/c1-18(17-32-14-12-29(35,13-15-32)27(30)31)23-9-10-24-21(6-5-11-28(23,24)4)7-8-22-16-25(33)20(3)26(34)19(22)2/h7-8,18,20,23-27,33-35H,2,5-6,9-17H2,1,3-4H3/t18?,20-,23+,24-,25+,26+,28+/m0/s1. The van der Waals surface area contributed by atoms with Gasteiger partial charge >= 0.3 is 0 Å². The van der Waals surface area contributed by atoms with Crippen molar-refractivity contribution >= 4 is 0 Å². The van der Waals surface area contributed by atoms with Gasteiger partial charge < -0.3 is 20.2 Å². The van der Waals surface area contributed by atoms with Crippen LogP contribution in [-0.4, -0.2) is 64.1 Å². The van der Waals surface area contributed by atoms with Crippen LogP contribution >= 0.6 is 0 Å². The molecular formula is C29H45F2NO3. The normalized spacial score (nSPS) is 41.5. The van der Waals surface area contributed by atoms with Crippen LogP contribution in [0.1, 0.15) is 72.1 Å². The van der Waals surface area contributed by atoms with Crippen LogP contribution in [0.5, 0.6) is 0 Å². The molecule has 1 unspecified atom stereocenters. The van der Waals surface area contributed by atoms with Gasteiger partial charge in [0.25, 0.3) is 6.43 Å². The van der Waals surface area contributed by atoms with Gasteiger partial charge in [-0.2, -0.15) is 0 Å². The maximum Gasteiger partial charge on any atom is 0.266 e. The lowest BCUT2D eigenvalue weighted by Gasteiger charge is -2.46. The Kier molecular flexibility index (Phi) is 7.98. The van der Waals surface area contributed by atoms with Crippen molar-refractivity contribution in [2.24, 2.45) is 29.1 Å². The average molecular weight is 494 g/mol. The van der Waals surface area contributed by atoms with Gasteiger partial charge in [0.15, 0.2) is 0 Å². The molecule has 6 heteroatoms. The molecule has 1 aliphatic heterocycles. The number of allylic oxidation sites excluding steroid dienone is 3. The van der Waals surface area contributed by atoms with Crippen molar-refractivity contribution in [3.05, 3.63) is 35.5 Å². The van der Waals surface area contributed by atoms with E-state index in [1.165, 1.54) is 31.3 Å². The summed E-state index contributed by atoms with van der Waals surface area (Å²) in [5.41, 5.74) is 1.60. The predicted octanol–water partition coefficient (Wildman–Crippen LogP) is 5.10. The van der Waals surface area contributed by atoms with E-state index in [1.807, 2.05) is 6.92 Å². The zero-order chi connectivity index (χ0) is 25.5. The number of piperidine rings is 1. The summed E-state index contributed by atoms with van der Waals surface area (Å²) in [7, 11) is 0. The SMILES string of the molecule is C=C1C(=CC=C2CCC[C@]3(C)[C@@H](C(C)CN4CCC(O)(C(F)F)CC4)CC[C@@H]23)C[C@@H](O)[C@H](C)[C@@H]1O. The Morgan fingerprint density at radius 1 is 1.14 bits per heavy atom. The molecule has 0 amide bonds. The van der Waals surface area contributed by atoms with Crippen molar-refractivity contribution in [1.29, 1.82) is 0 Å². The highest BCUT2D eigenvalue weighted by Gasteiger charge is 2.51. The van der Waals surface area contributed by atoms with E-state index in [2.05, 4.69) is 37.5 Å². The van der Waals surface area contributed by atoms with E-state index in [4.69, 9.17) is 0 Å². The lowest BCUT2D eigenvalue weighted by Crippen LogP contribution is -2.50. The third-order valence-electron chi connectivity index (χ3n) is 10.2. The molecule has 3 saturated carbocycles. The zero-order valence-corrected chi connectivity index (χ0v) is 21.7. The summed E-state index contributed by atoms with van der Waals surface area (Å²) in [6.45, 7) is 12.7. The number of halogens is 2. The minimum Gasteiger partial charge on any atom is -0.392 e. The van der Waals surface area contributed by atoms with Crippen LogP contribution in [0, 0.1) is 29.1 Å². The lowest BCUT2D eigenvalue weighted by atomic mass is 9.61. The van der Waals surface area contributed by atoms with E-state index in [1.54, 1.807) is 0 Å². The van der Waals surface area contributed by atoms with Gasteiger partial charge in [0.1, 0.15) is 5.60 Å². The van der Waals surface area contributed by atoms with E-state index >= 15 is 0 Å². The summed E-state index contributed by atoms with van der Waals surface area (Å²) in [5, 5.41) is 30.9. The van der Waals surface area contributed by atoms with Crippen molar-refractivity contribution in [3.63, 3.8) is 0 Å². The second-order valence-corrected chi connectivity index (χ2v) is 12.3. The van der Waals surface area contributed by atoms with Gasteiger partial charge in [-0.25, -0.2) is 8.78 Å². The molecule has 0 aromatic rings. The second-order valence-electron chi connectivity index (χ2n) is 12.3. The Balaban J connectivity index is 1.42. The highest BCUT2D eigenvalue weighted by molar-refractivity contribution is 5.39. The number of nitrogens with zero attached hydrogens (tertiary/aromatic N) is 1. The molecular weight excluding hydrogens is 448 g/mol. The van der Waals surface area contributed by atoms with Crippen LogP contribution in [0.2, 0.25) is 0 Å². The van der Waals surface area contributed by atoms with Gasteiger partial charge in [0.2, 0.25) is 0 Å². The molecule has 0 spiro atoms. The quantitative estimate of drug-likeness (QED) is 0.499. The van der Waals surface area contributed by atoms with Crippen LogP contribution in [0.25, 0.3) is 0 Å². The average Bonchev–Trinajstić information content (AvgIpc) is 3.18. The number of hydrogen-bond acceptors (Lipinski definition) is 4. The number of hydrogen-bond donors (Lipinski definition) is 3. The molecule has 7 atom stereocenters. The first-order valence-electron chi connectivity index (χ1n) is 13.6. The van der Waals surface area contributed by atoms with E-state index in [9.17, 15) is 24.1 Å². The maximum absolute atomic E-state index is 13.2. The molecule has 4 rings (SSSR count). The Morgan fingerprint density at radius 2 is 1.83 bits per heavy atom. The Morgan fingerprint density at radius 3 is 2.49 bits per heavy atom. The van der Waals surface area contributed by atoms with Gasteiger partial charge in [-0.05, 0) is 85.7 Å². The number of rotatable bonds is 5. The first kappa shape index (κ1) is 27.0. The van der Waals surface area contributed by atoms with Crippen molar-refractivity contribution in [3.8, 4) is 0 Å². The summed E-state index contributed by atoms with van der Waals surface area (Å²) in [6.07, 6.45) is 7.12. The smallest absolute Gasteiger partial charge is 0.266 e. The molecule has 35 heavy (non-hydrogen) atoms. The predicted molar refractivity (Wildman–Crippen MR) is 135 cm³/mol. The number of alkyl halides is 2. The van der Waals surface area contributed by atoms with Gasteiger partial charge in [0.05, 0.1) is 12.2 Å². The van der Waals surface area contributed by atoms with Crippen molar-refractivity contribution in [2.45, 2.75) is 96.4 Å². The molecule has 0 aromatic carbocycles. The Labute approximate surface area is 209 Å². The van der Waals surface area contributed by atoms with Gasteiger partial charge in [-0.3, -0.25) is 0 Å². The third-order valence-corrected chi connectivity index (χ3v) is 10.2. The largest absolute Gasteiger partial charge is 0.392 e. The molecule has 4 fully saturated rings. The number of aliphatic hydroxyl groups is 3. The molecule has 0 radical (unpaired) electrons. The minimum atomic E-state index is -2.67. The molecule has 4 aliphatic rings. The molecule has 198 valence electrons. The topological polar surface area (TPSA) is 63.9 Å². The Hall–Kier alpha value is -1.08. The summed E-state index contributed by atoms with van der Waals surface area (Å²) < 4.78 is 26.3. The fourth-order valence-corrected chi connectivity index (χ4v) is 7.73. The number of fused-ring (bicyclic) bond motifs is 1. The van der Waals surface area contributed by atoms with Crippen LogP contribution in [-0.2, 0) is 0 Å². The van der Waals surface area contributed by atoms with Crippen LogP contribution in [0.4, 0.5) is 8.78 Å². The van der Waals surface area contributed by atoms with Crippen molar-refractivity contribution in [2.75, 3.05) is 19.6 Å². The highest BCUT2D eigenvalue weighted by atomic mass is 19.3. The van der Waals surface area contributed by atoms with Crippen molar-refractivity contribution in [1.82, 2.24) is 4.90 Å². The summed E-state index contributed by atoms with van der Waals surface area (Å²) >= 11 is 0. The van der Waals surface area contributed by atoms with E-state index < -0.39 is 24.2 Å². The van der Waals surface area contributed by atoms with Crippen molar-refractivity contribution < 1.29 is 24.1 Å². The van der Waals surface area contributed by atoms with Gasteiger partial charge in [-0.1, -0.05) is 45.1 Å². The zero-order valence-electron chi connectivity index (χ0n) is 21.7. The summed E-state index contributed by atoms with van der Waals surface area (Å²) in [4.78, 5) is 2.27. The van der Waals surface area contributed by atoms with Gasteiger partial charge in [-0.15, -0.1) is 0 Å². The molecule has 1 heterocycles. The molecule has 4 nitrogen and oxygen atoms in total. The van der Waals surface area contributed by atoms with E-state index in [-0.39, 0.29) is 24.2 Å². The fourth-order valence-electron chi connectivity index (χ4n) is 7.73. The molecule has 3 aliphatic carbocycles. The van der Waals surface area contributed by atoms with E-state index in [0.29, 0.717) is 37.3 Å². The van der Waals surface area contributed by atoms with Crippen LogP contribution in [0.15, 0.2) is 35.5 Å². The molecule has 0 aromatic heterocycles.